The van der Waals surface area contributed by atoms with E-state index in [-0.39, 0.29) is 5.54 Å². The zero-order valence-electron chi connectivity index (χ0n) is 14.4. The molecular weight excluding hydrogens is 292 g/mol. The summed E-state index contributed by atoms with van der Waals surface area (Å²) in [6, 6.07) is 4.80. The second-order valence-corrected chi connectivity index (χ2v) is 7.85. The number of likely N-dealkylation sites (tertiary alicyclic amines) is 1. The van der Waals surface area contributed by atoms with Gasteiger partial charge in [-0.15, -0.1) is 11.3 Å². The van der Waals surface area contributed by atoms with Crippen LogP contribution >= 0.6 is 11.3 Å². The molecule has 2 N–H and O–H groups in total. The van der Waals surface area contributed by atoms with Crippen molar-refractivity contribution in [2.45, 2.75) is 52.1 Å². The van der Waals surface area contributed by atoms with Gasteiger partial charge in [-0.2, -0.15) is 0 Å². The third-order valence-electron chi connectivity index (χ3n) is 3.71. The lowest BCUT2D eigenvalue weighted by Gasteiger charge is -2.27. The Morgan fingerprint density at radius 3 is 2.64 bits per heavy atom. The molecule has 2 rings (SSSR count). The van der Waals surface area contributed by atoms with Gasteiger partial charge in [0.1, 0.15) is 0 Å². The molecule has 1 aromatic rings. The Labute approximate surface area is 139 Å². The minimum atomic E-state index is 0.0209. The van der Waals surface area contributed by atoms with Crippen LogP contribution in [0.3, 0.4) is 0 Å². The largest absolute Gasteiger partial charge is 0.357 e. The number of guanidine groups is 1. The lowest BCUT2D eigenvalue weighted by molar-refractivity contribution is 0.255. The molecule has 0 bridgehead atoms. The molecule has 0 spiro atoms. The molecule has 1 atom stereocenters. The maximum Gasteiger partial charge on any atom is 0.191 e. The van der Waals surface area contributed by atoms with Crippen molar-refractivity contribution in [1.82, 2.24) is 15.5 Å². The first-order chi connectivity index (χ1) is 10.5. The van der Waals surface area contributed by atoms with E-state index in [1.165, 1.54) is 30.8 Å². The van der Waals surface area contributed by atoms with Gasteiger partial charge in [0.2, 0.25) is 0 Å². The van der Waals surface area contributed by atoms with Crippen molar-refractivity contribution in [3.8, 4) is 0 Å². The summed E-state index contributed by atoms with van der Waals surface area (Å²) in [6.07, 6.45) is 2.62. The van der Waals surface area contributed by atoms with Crippen LogP contribution in [0.15, 0.2) is 22.5 Å². The summed E-state index contributed by atoms with van der Waals surface area (Å²) in [5.41, 5.74) is 0.0209. The third-order valence-corrected chi connectivity index (χ3v) is 4.69. The van der Waals surface area contributed by atoms with E-state index in [1.54, 1.807) is 0 Å². The van der Waals surface area contributed by atoms with Gasteiger partial charge in [0.25, 0.3) is 0 Å². The molecule has 0 amide bonds. The fourth-order valence-electron chi connectivity index (χ4n) is 2.76. The molecule has 1 saturated heterocycles. The highest BCUT2D eigenvalue weighted by atomic mass is 32.1. The molecule has 0 aromatic carbocycles. The number of nitrogens with one attached hydrogen (secondary N) is 2. The highest BCUT2D eigenvalue weighted by molar-refractivity contribution is 7.10. The summed E-state index contributed by atoms with van der Waals surface area (Å²) in [4.78, 5) is 8.87. The van der Waals surface area contributed by atoms with Crippen LogP contribution in [0.5, 0.6) is 0 Å². The van der Waals surface area contributed by atoms with Crippen molar-refractivity contribution in [3.05, 3.63) is 22.4 Å². The Morgan fingerprint density at radius 2 is 2.09 bits per heavy atom. The van der Waals surface area contributed by atoms with Gasteiger partial charge in [-0.05, 0) is 65.1 Å². The Balaban J connectivity index is 2.09. The molecule has 0 saturated carbocycles. The Hall–Kier alpha value is -1.07. The van der Waals surface area contributed by atoms with Gasteiger partial charge in [0.15, 0.2) is 5.96 Å². The van der Waals surface area contributed by atoms with Crippen molar-refractivity contribution < 1.29 is 0 Å². The van der Waals surface area contributed by atoms with E-state index in [2.05, 4.69) is 60.7 Å². The molecular formula is C17H30N4S. The lowest BCUT2D eigenvalue weighted by Crippen LogP contribution is -2.47. The van der Waals surface area contributed by atoms with Gasteiger partial charge < -0.3 is 10.6 Å². The van der Waals surface area contributed by atoms with Crippen LogP contribution in [-0.2, 0) is 0 Å². The van der Waals surface area contributed by atoms with Crippen molar-refractivity contribution in [3.63, 3.8) is 0 Å². The molecule has 0 aliphatic carbocycles. The van der Waals surface area contributed by atoms with Crippen molar-refractivity contribution in [2.24, 2.45) is 4.99 Å². The van der Waals surface area contributed by atoms with Crippen LogP contribution in [0.4, 0.5) is 0 Å². The molecule has 0 radical (unpaired) electrons. The summed E-state index contributed by atoms with van der Waals surface area (Å²) in [6.45, 7) is 12.7. The first-order valence-electron chi connectivity index (χ1n) is 8.33. The molecule has 1 aliphatic heterocycles. The number of thiophene rings is 1. The maximum absolute atomic E-state index is 4.86. The van der Waals surface area contributed by atoms with E-state index >= 15 is 0 Å². The van der Waals surface area contributed by atoms with Gasteiger partial charge in [-0.1, -0.05) is 6.07 Å². The molecule has 4 nitrogen and oxygen atoms in total. The normalized spacial score (nSPS) is 18.5. The molecule has 1 aromatic heterocycles. The SMILES string of the molecule is CCNC(=NCC(c1cccs1)N1CCCC1)NC(C)(C)C. The Bertz CT molecular complexity index is 456. The Morgan fingerprint density at radius 1 is 1.36 bits per heavy atom. The number of hydrogen-bond acceptors (Lipinski definition) is 3. The number of aliphatic imine (C=N–C) groups is 1. The van der Waals surface area contributed by atoms with Crippen LogP contribution in [0.2, 0.25) is 0 Å². The monoisotopic (exact) mass is 322 g/mol. The fourth-order valence-corrected chi connectivity index (χ4v) is 3.61. The molecule has 1 unspecified atom stereocenters. The molecule has 22 heavy (non-hydrogen) atoms. The minimum Gasteiger partial charge on any atom is -0.357 e. The van der Waals surface area contributed by atoms with E-state index in [0.29, 0.717) is 6.04 Å². The first kappa shape index (κ1) is 17.3. The summed E-state index contributed by atoms with van der Waals surface area (Å²) in [5, 5.41) is 8.99. The summed E-state index contributed by atoms with van der Waals surface area (Å²) >= 11 is 1.84. The predicted molar refractivity (Wildman–Crippen MR) is 96.7 cm³/mol. The highest BCUT2D eigenvalue weighted by Gasteiger charge is 2.24. The van der Waals surface area contributed by atoms with E-state index in [9.17, 15) is 0 Å². The fraction of sp³-hybridized carbons (Fsp3) is 0.706. The Kier molecular flexibility index (Phi) is 6.26. The van der Waals surface area contributed by atoms with Gasteiger partial charge in [-0.25, -0.2) is 0 Å². The predicted octanol–water partition coefficient (Wildman–Crippen LogP) is 3.24. The number of hydrogen-bond donors (Lipinski definition) is 2. The second kappa shape index (κ2) is 7.97. The zero-order valence-corrected chi connectivity index (χ0v) is 15.2. The average molecular weight is 323 g/mol. The van der Waals surface area contributed by atoms with Crippen molar-refractivity contribution in [2.75, 3.05) is 26.2 Å². The first-order valence-corrected chi connectivity index (χ1v) is 9.21. The summed E-state index contributed by atoms with van der Waals surface area (Å²) in [7, 11) is 0. The van der Waals surface area contributed by atoms with Crippen LogP contribution in [0, 0.1) is 0 Å². The number of rotatable bonds is 5. The summed E-state index contributed by atoms with van der Waals surface area (Å²) in [5.74, 6) is 0.913. The average Bonchev–Trinajstić information content (AvgIpc) is 3.10. The van der Waals surface area contributed by atoms with Gasteiger partial charge in [-0.3, -0.25) is 9.89 Å². The van der Waals surface area contributed by atoms with Gasteiger partial charge in [0, 0.05) is 17.0 Å². The van der Waals surface area contributed by atoms with Crippen LogP contribution < -0.4 is 10.6 Å². The molecule has 5 heteroatoms. The molecule has 2 heterocycles. The van der Waals surface area contributed by atoms with Crippen LogP contribution in [0.1, 0.15) is 51.5 Å². The molecule has 1 fully saturated rings. The smallest absolute Gasteiger partial charge is 0.191 e. The van der Waals surface area contributed by atoms with Gasteiger partial charge in [0.05, 0.1) is 12.6 Å². The maximum atomic E-state index is 4.86. The third kappa shape index (κ3) is 5.29. The molecule has 124 valence electrons. The quantitative estimate of drug-likeness (QED) is 0.646. The van der Waals surface area contributed by atoms with E-state index in [1.807, 2.05) is 11.3 Å². The highest BCUT2D eigenvalue weighted by Crippen LogP contribution is 2.28. The second-order valence-electron chi connectivity index (χ2n) is 6.87. The molecule has 1 aliphatic rings. The summed E-state index contributed by atoms with van der Waals surface area (Å²) < 4.78 is 0. The van der Waals surface area contributed by atoms with E-state index < -0.39 is 0 Å². The zero-order chi connectivity index (χ0) is 16.0. The van der Waals surface area contributed by atoms with Crippen LogP contribution in [-0.4, -0.2) is 42.6 Å². The minimum absolute atomic E-state index is 0.0209. The van der Waals surface area contributed by atoms with Crippen molar-refractivity contribution in [1.29, 1.82) is 0 Å². The van der Waals surface area contributed by atoms with Crippen molar-refractivity contribution >= 4 is 17.3 Å². The van der Waals surface area contributed by atoms with E-state index in [4.69, 9.17) is 4.99 Å². The topological polar surface area (TPSA) is 39.7 Å². The van der Waals surface area contributed by atoms with Crippen LogP contribution in [0.25, 0.3) is 0 Å². The lowest BCUT2D eigenvalue weighted by atomic mass is 10.1. The van der Waals surface area contributed by atoms with Gasteiger partial charge >= 0.3 is 0 Å². The van der Waals surface area contributed by atoms with E-state index in [0.717, 1.165) is 19.0 Å². The standard InChI is InChI=1S/C17H30N4S/c1-5-18-16(20-17(2,3)4)19-13-14(15-9-8-12-22-15)21-10-6-7-11-21/h8-9,12,14H,5-7,10-11,13H2,1-4H3,(H2,18,19,20). The number of nitrogens with zero attached hydrogens (tertiary/aromatic N) is 2.